The van der Waals surface area contributed by atoms with Gasteiger partial charge in [0.05, 0.1) is 24.0 Å². The van der Waals surface area contributed by atoms with E-state index >= 15 is 0 Å². The van der Waals surface area contributed by atoms with E-state index in [1.807, 2.05) is 6.07 Å². The van der Waals surface area contributed by atoms with E-state index in [9.17, 15) is 4.79 Å². The molecule has 2 rings (SSSR count). The predicted molar refractivity (Wildman–Crippen MR) is 80.9 cm³/mol. The number of carbonyl (C=O) groups excluding carboxylic acids is 1. The number of nitrogens with zero attached hydrogens (tertiary/aromatic N) is 2. The summed E-state index contributed by atoms with van der Waals surface area (Å²) in [5.41, 5.74) is 1.07. The number of morpholine rings is 1. The fourth-order valence-corrected chi connectivity index (χ4v) is 2.39. The van der Waals surface area contributed by atoms with Crippen LogP contribution in [0.4, 0.5) is 5.69 Å². The largest absolute Gasteiger partial charge is 0.376 e. The maximum atomic E-state index is 12.0. The molecule has 0 aliphatic carbocycles. The second kappa shape index (κ2) is 7.77. The molecule has 112 valence electrons. The Morgan fingerprint density at radius 1 is 1.52 bits per heavy atom. The highest BCUT2D eigenvalue weighted by Crippen LogP contribution is 2.14. The first kappa shape index (κ1) is 15.5. The van der Waals surface area contributed by atoms with Crippen LogP contribution >= 0.6 is 0 Å². The quantitative estimate of drug-likeness (QED) is 0.899. The summed E-state index contributed by atoms with van der Waals surface area (Å²) >= 11 is 0. The molecule has 1 aliphatic rings. The van der Waals surface area contributed by atoms with Gasteiger partial charge >= 0.3 is 0 Å². The highest BCUT2D eigenvalue weighted by Gasteiger charge is 2.19. The minimum atomic E-state index is -0.0581. The van der Waals surface area contributed by atoms with Crippen LogP contribution in [0, 0.1) is 11.3 Å². The van der Waals surface area contributed by atoms with E-state index < -0.39 is 0 Å². The highest BCUT2D eigenvalue weighted by atomic mass is 16.5. The van der Waals surface area contributed by atoms with Crippen LogP contribution in [-0.4, -0.2) is 43.2 Å². The van der Waals surface area contributed by atoms with Crippen LogP contribution in [-0.2, 0) is 9.53 Å². The first-order chi connectivity index (χ1) is 10.2. The van der Waals surface area contributed by atoms with E-state index in [1.54, 1.807) is 18.2 Å². The van der Waals surface area contributed by atoms with Crippen molar-refractivity contribution in [2.45, 2.75) is 25.9 Å². The van der Waals surface area contributed by atoms with Crippen molar-refractivity contribution in [3.8, 4) is 6.07 Å². The molecule has 1 N–H and O–H groups in total. The number of nitriles is 1. The first-order valence-electron chi connectivity index (χ1n) is 7.36. The van der Waals surface area contributed by atoms with E-state index in [2.05, 4.69) is 23.2 Å². The van der Waals surface area contributed by atoms with Crippen molar-refractivity contribution in [1.82, 2.24) is 4.90 Å². The van der Waals surface area contributed by atoms with E-state index in [0.29, 0.717) is 17.7 Å². The molecule has 5 heteroatoms. The third-order valence-electron chi connectivity index (χ3n) is 3.65. The minimum Gasteiger partial charge on any atom is -0.376 e. The summed E-state index contributed by atoms with van der Waals surface area (Å²) in [6.45, 7) is 5.33. The molecule has 1 aliphatic heterocycles. The van der Waals surface area contributed by atoms with Gasteiger partial charge in [-0.3, -0.25) is 9.69 Å². The molecule has 1 fully saturated rings. The van der Waals surface area contributed by atoms with Gasteiger partial charge < -0.3 is 10.1 Å². The summed E-state index contributed by atoms with van der Waals surface area (Å²) in [7, 11) is 0. The van der Waals surface area contributed by atoms with Crippen molar-refractivity contribution >= 4 is 11.6 Å². The van der Waals surface area contributed by atoms with Crippen LogP contribution in [0.5, 0.6) is 0 Å². The summed E-state index contributed by atoms with van der Waals surface area (Å²) in [6.07, 6.45) is 1.70. The zero-order valence-corrected chi connectivity index (χ0v) is 12.3. The smallest absolute Gasteiger partial charge is 0.225 e. The maximum Gasteiger partial charge on any atom is 0.225 e. The number of hydrogen-bond acceptors (Lipinski definition) is 4. The normalized spacial score (nSPS) is 19.0. The molecular weight excluding hydrogens is 266 g/mol. The Labute approximate surface area is 125 Å². The summed E-state index contributed by atoms with van der Waals surface area (Å²) in [4.78, 5) is 14.3. The topological polar surface area (TPSA) is 65.4 Å². The summed E-state index contributed by atoms with van der Waals surface area (Å²) in [5.74, 6) is -0.0581. The molecule has 1 aromatic rings. The maximum absolute atomic E-state index is 12.0. The lowest BCUT2D eigenvalue weighted by Gasteiger charge is -2.32. The molecule has 5 nitrogen and oxygen atoms in total. The Balaban J connectivity index is 1.81. The molecule has 1 aromatic carbocycles. The fraction of sp³-hybridized carbons (Fsp3) is 0.500. The van der Waals surface area contributed by atoms with E-state index in [-0.39, 0.29) is 12.0 Å². The van der Waals surface area contributed by atoms with Crippen molar-refractivity contribution in [3.05, 3.63) is 29.8 Å². The summed E-state index contributed by atoms with van der Waals surface area (Å²) < 4.78 is 5.61. The molecule has 1 atom stereocenters. The number of amides is 1. The van der Waals surface area contributed by atoms with Gasteiger partial charge in [0.2, 0.25) is 5.91 Å². The van der Waals surface area contributed by atoms with Gasteiger partial charge in [-0.25, -0.2) is 0 Å². The van der Waals surface area contributed by atoms with Crippen LogP contribution in [0.25, 0.3) is 0 Å². The predicted octanol–water partition coefficient (Wildman–Crippen LogP) is 2.00. The van der Waals surface area contributed by atoms with Crippen molar-refractivity contribution in [1.29, 1.82) is 5.26 Å². The van der Waals surface area contributed by atoms with Crippen LogP contribution < -0.4 is 5.32 Å². The Hall–Kier alpha value is -1.90. The number of benzene rings is 1. The number of anilines is 1. The van der Waals surface area contributed by atoms with Gasteiger partial charge in [-0.05, 0) is 18.6 Å². The number of rotatable bonds is 5. The molecule has 1 amide bonds. The Morgan fingerprint density at radius 2 is 2.33 bits per heavy atom. The SMILES string of the molecule is CCC1CN(CCC(=O)Nc2ccccc2C#N)CCO1. The first-order valence-corrected chi connectivity index (χ1v) is 7.36. The minimum absolute atomic E-state index is 0.0581. The third kappa shape index (κ3) is 4.55. The van der Waals surface area contributed by atoms with Crippen molar-refractivity contribution in [3.63, 3.8) is 0 Å². The zero-order valence-electron chi connectivity index (χ0n) is 12.3. The van der Waals surface area contributed by atoms with Crippen molar-refractivity contribution in [2.24, 2.45) is 0 Å². The second-order valence-corrected chi connectivity index (χ2v) is 5.16. The fourth-order valence-electron chi connectivity index (χ4n) is 2.39. The Kier molecular flexibility index (Phi) is 5.73. The molecular formula is C16H21N3O2. The lowest BCUT2D eigenvalue weighted by atomic mass is 10.2. The van der Waals surface area contributed by atoms with Gasteiger partial charge in [0.25, 0.3) is 0 Å². The van der Waals surface area contributed by atoms with Gasteiger partial charge in [-0.1, -0.05) is 19.1 Å². The number of para-hydroxylation sites is 1. The average molecular weight is 287 g/mol. The van der Waals surface area contributed by atoms with E-state index in [4.69, 9.17) is 10.00 Å². The molecule has 0 spiro atoms. The number of ether oxygens (including phenoxy) is 1. The van der Waals surface area contributed by atoms with Crippen LogP contribution in [0.2, 0.25) is 0 Å². The lowest BCUT2D eigenvalue weighted by Crippen LogP contribution is -2.43. The van der Waals surface area contributed by atoms with Crippen LogP contribution in [0.1, 0.15) is 25.3 Å². The second-order valence-electron chi connectivity index (χ2n) is 5.16. The Morgan fingerprint density at radius 3 is 3.10 bits per heavy atom. The standard InChI is InChI=1S/C16H21N3O2/c1-2-14-12-19(9-10-21-14)8-7-16(20)18-15-6-4-3-5-13(15)11-17/h3-6,14H,2,7-10,12H2,1H3,(H,18,20). The highest BCUT2D eigenvalue weighted by molar-refractivity contribution is 5.92. The third-order valence-corrected chi connectivity index (χ3v) is 3.65. The molecule has 0 saturated carbocycles. The number of nitrogens with one attached hydrogen (secondary N) is 1. The zero-order chi connectivity index (χ0) is 15.1. The molecule has 1 unspecified atom stereocenters. The average Bonchev–Trinajstić information content (AvgIpc) is 2.53. The van der Waals surface area contributed by atoms with E-state index in [0.717, 1.165) is 32.7 Å². The summed E-state index contributed by atoms with van der Waals surface area (Å²) in [6, 6.07) is 9.12. The van der Waals surface area contributed by atoms with Gasteiger partial charge in [0, 0.05) is 26.1 Å². The van der Waals surface area contributed by atoms with Gasteiger partial charge in [-0.2, -0.15) is 5.26 Å². The van der Waals surface area contributed by atoms with Crippen LogP contribution in [0.15, 0.2) is 24.3 Å². The molecule has 0 aromatic heterocycles. The molecule has 0 radical (unpaired) electrons. The van der Waals surface area contributed by atoms with Crippen LogP contribution in [0.3, 0.4) is 0 Å². The number of hydrogen-bond donors (Lipinski definition) is 1. The van der Waals surface area contributed by atoms with Crippen molar-refractivity contribution in [2.75, 3.05) is 31.6 Å². The van der Waals surface area contributed by atoms with Crippen molar-refractivity contribution < 1.29 is 9.53 Å². The number of carbonyl (C=O) groups is 1. The lowest BCUT2D eigenvalue weighted by molar-refractivity contribution is -0.117. The van der Waals surface area contributed by atoms with Gasteiger partial charge in [0.15, 0.2) is 0 Å². The molecule has 21 heavy (non-hydrogen) atoms. The van der Waals surface area contributed by atoms with E-state index in [1.165, 1.54) is 0 Å². The summed E-state index contributed by atoms with van der Waals surface area (Å²) in [5, 5.41) is 11.8. The monoisotopic (exact) mass is 287 g/mol. The molecule has 1 saturated heterocycles. The molecule has 0 bridgehead atoms. The Bertz CT molecular complexity index is 524. The van der Waals surface area contributed by atoms with Gasteiger partial charge in [0.1, 0.15) is 6.07 Å². The van der Waals surface area contributed by atoms with Gasteiger partial charge in [-0.15, -0.1) is 0 Å². The molecule has 1 heterocycles.